The number of carbonyl (C=O) groups is 1. The van der Waals surface area contributed by atoms with Crippen molar-refractivity contribution in [2.75, 3.05) is 14.1 Å². The summed E-state index contributed by atoms with van der Waals surface area (Å²) in [4.78, 5) is 12.6. The second kappa shape index (κ2) is 3.21. The van der Waals surface area contributed by atoms with Crippen LogP contribution in [0.15, 0.2) is 24.4 Å². The van der Waals surface area contributed by atoms with Gasteiger partial charge in [0.25, 0.3) is 5.69 Å². The topological polar surface area (TPSA) is 47.2 Å². The molecule has 12 heavy (non-hydrogen) atoms. The van der Waals surface area contributed by atoms with Crippen LogP contribution in [0, 0.1) is 5.21 Å². The van der Waals surface area contributed by atoms with Gasteiger partial charge in [-0.25, -0.2) is 0 Å². The molecule has 0 atom stereocenters. The maximum absolute atomic E-state index is 11.3. The summed E-state index contributed by atoms with van der Waals surface area (Å²) in [5.41, 5.74) is 0.141. The third kappa shape index (κ3) is 1.53. The molecule has 1 aromatic rings. The first-order valence-corrected chi connectivity index (χ1v) is 3.53. The van der Waals surface area contributed by atoms with Crippen LogP contribution in [0.1, 0.15) is 10.5 Å². The number of aromatic nitrogens is 1. The molecule has 4 heteroatoms. The molecule has 0 aliphatic carbocycles. The highest BCUT2D eigenvalue weighted by Gasteiger charge is 2.15. The van der Waals surface area contributed by atoms with Crippen molar-refractivity contribution in [3.05, 3.63) is 35.3 Å². The number of rotatable bonds is 1. The highest BCUT2D eigenvalue weighted by molar-refractivity contribution is 5.90. The number of carbonyl (C=O) groups excluding carboxylic acids is 1. The summed E-state index contributed by atoms with van der Waals surface area (Å²) >= 11 is 0. The van der Waals surface area contributed by atoms with Crippen molar-refractivity contribution in [3.8, 4) is 0 Å². The van der Waals surface area contributed by atoms with E-state index < -0.39 is 0 Å². The van der Waals surface area contributed by atoms with Gasteiger partial charge in [-0.05, 0) is 6.07 Å². The SMILES string of the molecule is CN(C)C(=O)c1cccc[n+]1[O-]. The average Bonchev–Trinajstić information content (AvgIpc) is 2.04. The van der Waals surface area contributed by atoms with E-state index in [0.29, 0.717) is 4.73 Å². The first-order chi connectivity index (χ1) is 5.63. The van der Waals surface area contributed by atoms with Crippen LogP contribution in [0.5, 0.6) is 0 Å². The molecule has 4 nitrogen and oxygen atoms in total. The molecule has 0 saturated carbocycles. The lowest BCUT2D eigenvalue weighted by molar-refractivity contribution is -0.608. The van der Waals surface area contributed by atoms with Crippen LogP contribution in [0.4, 0.5) is 0 Å². The fourth-order valence-electron chi connectivity index (χ4n) is 0.823. The van der Waals surface area contributed by atoms with E-state index in [9.17, 15) is 10.0 Å². The Kier molecular flexibility index (Phi) is 2.28. The monoisotopic (exact) mass is 166 g/mol. The van der Waals surface area contributed by atoms with Gasteiger partial charge in [0.05, 0.1) is 0 Å². The first kappa shape index (κ1) is 8.52. The number of hydrogen-bond acceptors (Lipinski definition) is 2. The molecular formula is C8H10N2O2. The molecule has 1 rings (SSSR count). The van der Waals surface area contributed by atoms with Crippen LogP contribution in [0.3, 0.4) is 0 Å². The van der Waals surface area contributed by atoms with Crippen molar-refractivity contribution in [3.63, 3.8) is 0 Å². The lowest BCUT2D eigenvalue weighted by Crippen LogP contribution is -2.38. The Labute approximate surface area is 70.6 Å². The highest BCUT2D eigenvalue weighted by atomic mass is 16.5. The van der Waals surface area contributed by atoms with Crippen molar-refractivity contribution in [1.29, 1.82) is 0 Å². The van der Waals surface area contributed by atoms with E-state index in [1.54, 1.807) is 26.2 Å². The smallest absolute Gasteiger partial charge is 0.319 e. The molecule has 1 aromatic heterocycles. The Balaban J connectivity index is 3.03. The van der Waals surface area contributed by atoms with Gasteiger partial charge in [0.1, 0.15) is 0 Å². The summed E-state index contributed by atoms with van der Waals surface area (Å²) in [5.74, 6) is -0.286. The highest BCUT2D eigenvalue weighted by Crippen LogP contribution is 1.94. The first-order valence-electron chi connectivity index (χ1n) is 3.53. The normalized spacial score (nSPS) is 9.50. The van der Waals surface area contributed by atoms with Crippen LogP contribution in [0.25, 0.3) is 0 Å². The van der Waals surface area contributed by atoms with E-state index in [1.165, 1.54) is 17.2 Å². The van der Waals surface area contributed by atoms with Crippen molar-refractivity contribution < 1.29 is 9.52 Å². The fourth-order valence-corrected chi connectivity index (χ4v) is 0.823. The van der Waals surface area contributed by atoms with E-state index in [0.717, 1.165) is 0 Å². The van der Waals surface area contributed by atoms with E-state index in [-0.39, 0.29) is 11.6 Å². The Bertz CT molecular complexity index is 297. The van der Waals surface area contributed by atoms with Gasteiger partial charge >= 0.3 is 5.91 Å². The maximum atomic E-state index is 11.3. The molecule has 64 valence electrons. The quantitative estimate of drug-likeness (QED) is 0.436. The summed E-state index contributed by atoms with van der Waals surface area (Å²) in [6.07, 6.45) is 1.30. The van der Waals surface area contributed by atoms with E-state index in [1.807, 2.05) is 0 Å². The van der Waals surface area contributed by atoms with E-state index in [2.05, 4.69) is 0 Å². The molecule has 0 radical (unpaired) electrons. The maximum Gasteiger partial charge on any atom is 0.319 e. The summed E-state index contributed by atoms with van der Waals surface area (Å²) in [7, 11) is 3.21. The van der Waals surface area contributed by atoms with Gasteiger partial charge in [-0.15, -0.1) is 0 Å². The number of nitrogens with zero attached hydrogens (tertiary/aromatic N) is 2. The van der Waals surface area contributed by atoms with Gasteiger partial charge in [0.2, 0.25) is 0 Å². The zero-order valence-electron chi connectivity index (χ0n) is 7.02. The summed E-state index contributed by atoms with van der Waals surface area (Å²) < 4.78 is 0.558. The van der Waals surface area contributed by atoms with Crippen LogP contribution in [0.2, 0.25) is 0 Å². The predicted octanol–water partition coefficient (Wildman–Crippen LogP) is 0.0218. The fraction of sp³-hybridized carbons (Fsp3) is 0.250. The van der Waals surface area contributed by atoms with Crippen molar-refractivity contribution in [2.24, 2.45) is 0 Å². The Morgan fingerprint density at radius 3 is 2.67 bits per heavy atom. The molecule has 0 unspecified atom stereocenters. The number of pyridine rings is 1. The standard InChI is InChI=1S/C8H10N2O2/c1-9(2)8(11)7-5-3-4-6-10(7)12/h3-6H,1-2H3. The second-order valence-corrected chi connectivity index (χ2v) is 2.61. The average molecular weight is 166 g/mol. The van der Waals surface area contributed by atoms with E-state index >= 15 is 0 Å². The van der Waals surface area contributed by atoms with Crippen LogP contribution in [-0.2, 0) is 0 Å². The molecule has 0 bridgehead atoms. The minimum atomic E-state index is -0.286. The van der Waals surface area contributed by atoms with Gasteiger partial charge in [-0.2, -0.15) is 4.73 Å². The molecule has 0 fully saturated rings. The minimum Gasteiger partial charge on any atom is -0.618 e. The van der Waals surface area contributed by atoms with Crippen molar-refractivity contribution >= 4 is 5.91 Å². The molecule has 0 N–H and O–H groups in total. The zero-order chi connectivity index (χ0) is 9.14. The molecular weight excluding hydrogens is 156 g/mol. The summed E-state index contributed by atoms with van der Waals surface area (Å²) in [6, 6.07) is 4.74. The Hall–Kier alpha value is -1.58. The zero-order valence-corrected chi connectivity index (χ0v) is 7.02. The van der Waals surface area contributed by atoms with Gasteiger partial charge in [-0.3, -0.25) is 4.79 Å². The van der Waals surface area contributed by atoms with Gasteiger partial charge in [-0.1, -0.05) is 0 Å². The van der Waals surface area contributed by atoms with Gasteiger partial charge in [0, 0.05) is 26.2 Å². The van der Waals surface area contributed by atoms with Gasteiger partial charge in [0.15, 0.2) is 6.20 Å². The second-order valence-electron chi connectivity index (χ2n) is 2.61. The van der Waals surface area contributed by atoms with Crippen LogP contribution >= 0.6 is 0 Å². The Morgan fingerprint density at radius 1 is 1.50 bits per heavy atom. The molecule has 0 aliphatic heterocycles. The summed E-state index contributed by atoms with van der Waals surface area (Å²) in [5, 5.41) is 11.0. The largest absolute Gasteiger partial charge is 0.618 e. The molecule has 1 amide bonds. The lowest BCUT2D eigenvalue weighted by Gasteiger charge is -2.08. The Morgan fingerprint density at radius 2 is 2.17 bits per heavy atom. The number of hydrogen-bond donors (Lipinski definition) is 0. The van der Waals surface area contributed by atoms with E-state index in [4.69, 9.17) is 0 Å². The molecule has 0 spiro atoms. The molecule has 0 aliphatic rings. The van der Waals surface area contributed by atoms with Gasteiger partial charge < -0.3 is 10.1 Å². The minimum absolute atomic E-state index is 0.141. The third-order valence-corrected chi connectivity index (χ3v) is 1.45. The molecule has 1 heterocycles. The molecule has 0 saturated heterocycles. The summed E-state index contributed by atoms with van der Waals surface area (Å²) in [6.45, 7) is 0. The molecule has 0 aromatic carbocycles. The van der Waals surface area contributed by atoms with Crippen LogP contribution in [-0.4, -0.2) is 24.9 Å². The lowest BCUT2D eigenvalue weighted by atomic mass is 10.3. The van der Waals surface area contributed by atoms with Crippen molar-refractivity contribution in [2.45, 2.75) is 0 Å². The third-order valence-electron chi connectivity index (χ3n) is 1.45. The van der Waals surface area contributed by atoms with Crippen molar-refractivity contribution in [1.82, 2.24) is 4.90 Å². The predicted molar refractivity (Wildman–Crippen MR) is 43.4 cm³/mol. The number of amides is 1. The van der Waals surface area contributed by atoms with Crippen LogP contribution < -0.4 is 4.73 Å².